The summed E-state index contributed by atoms with van der Waals surface area (Å²) in [6, 6.07) is 27.0. The van der Waals surface area contributed by atoms with Gasteiger partial charge in [-0.1, -0.05) is 41.9 Å². The van der Waals surface area contributed by atoms with Crippen LogP contribution in [0.2, 0.25) is 5.02 Å². The molecule has 37 heavy (non-hydrogen) atoms. The number of sulfone groups is 1. The van der Waals surface area contributed by atoms with E-state index in [2.05, 4.69) is 5.10 Å². The number of hydrogen-bond acceptors (Lipinski definition) is 6. The predicted octanol–water partition coefficient (Wildman–Crippen LogP) is 7.32. The zero-order chi connectivity index (χ0) is 26.2. The molecule has 0 fully saturated rings. The first kappa shape index (κ1) is 25.0. The Labute approximate surface area is 223 Å². The van der Waals surface area contributed by atoms with Gasteiger partial charge in [0, 0.05) is 23.1 Å². The highest BCUT2D eigenvalue weighted by molar-refractivity contribution is 7.90. The van der Waals surface area contributed by atoms with Gasteiger partial charge in [-0.3, -0.25) is 4.79 Å². The number of ketones is 1. The van der Waals surface area contributed by atoms with E-state index in [-0.39, 0.29) is 10.7 Å². The van der Waals surface area contributed by atoms with Gasteiger partial charge in [0.25, 0.3) is 0 Å². The van der Waals surface area contributed by atoms with Crippen molar-refractivity contribution in [1.29, 1.82) is 0 Å². The summed E-state index contributed by atoms with van der Waals surface area (Å²) in [5, 5.41) is 5.08. The number of para-hydroxylation sites is 1. The van der Waals surface area contributed by atoms with Gasteiger partial charge in [-0.05, 0) is 66.2 Å². The number of thiophene rings is 1. The average molecular weight is 549 g/mol. The third-order valence-corrected chi connectivity index (χ3v) is 8.10. The van der Waals surface area contributed by atoms with Crippen molar-refractivity contribution in [2.45, 2.75) is 11.8 Å². The van der Waals surface area contributed by atoms with Crippen LogP contribution in [-0.2, 0) is 9.84 Å². The lowest BCUT2D eigenvalue weighted by Gasteiger charge is -2.13. The molecule has 0 bridgehead atoms. The number of Topliss-reactive ketones (excluding diaryl/α,β-unsaturated/α-hetero) is 1. The first-order valence-corrected chi connectivity index (χ1v) is 14.3. The van der Waals surface area contributed by atoms with Crippen molar-refractivity contribution in [2.24, 2.45) is 0 Å². The number of ether oxygens (including phenoxy) is 1. The Kier molecular flexibility index (Phi) is 6.72. The molecule has 5 aromatic rings. The molecule has 0 aliphatic heterocycles. The quantitative estimate of drug-likeness (QED) is 0.199. The van der Waals surface area contributed by atoms with Crippen molar-refractivity contribution < 1.29 is 17.9 Å². The third kappa shape index (κ3) is 5.36. The Bertz CT molecular complexity index is 1720. The molecule has 0 saturated carbocycles. The fourth-order valence-corrected chi connectivity index (χ4v) is 5.62. The van der Waals surface area contributed by atoms with Gasteiger partial charge >= 0.3 is 0 Å². The molecule has 0 unspecified atom stereocenters. The number of nitrogens with zero attached hydrogens (tertiary/aromatic N) is 2. The van der Waals surface area contributed by atoms with Gasteiger partial charge in [-0.15, -0.1) is 11.3 Å². The summed E-state index contributed by atoms with van der Waals surface area (Å²) in [6.07, 6.45) is 1.19. The molecule has 5 rings (SSSR count). The van der Waals surface area contributed by atoms with Crippen molar-refractivity contribution >= 4 is 38.6 Å². The van der Waals surface area contributed by atoms with Crippen molar-refractivity contribution in [3.63, 3.8) is 0 Å². The second-order valence-corrected chi connectivity index (χ2v) is 11.9. The molecule has 0 atom stereocenters. The Morgan fingerprint density at radius 3 is 2.41 bits per heavy atom. The number of carbonyl (C=O) groups excluding carboxylic acids is 1. The van der Waals surface area contributed by atoms with Crippen molar-refractivity contribution in [1.82, 2.24) is 9.78 Å². The third-order valence-electron chi connectivity index (χ3n) is 5.60. The van der Waals surface area contributed by atoms with Crippen molar-refractivity contribution in [3.05, 3.63) is 102 Å². The van der Waals surface area contributed by atoms with Crippen LogP contribution in [-0.4, -0.2) is 30.2 Å². The van der Waals surface area contributed by atoms with Gasteiger partial charge in [0.05, 0.1) is 15.5 Å². The summed E-state index contributed by atoms with van der Waals surface area (Å²) in [4.78, 5) is 14.3. The molecule has 0 saturated heterocycles. The molecule has 186 valence electrons. The molecule has 6 nitrogen and oxygen atoms in total. The maximum absolute atomic E-state index is 12.3. The maximum atomic E-state index is 12.3. The smallest absolute Gasteiger partial charge is 0.180 e. The Morgan fingerprint density at radius 2 is 1.68 bits per heavy atom. The second-order valence-electron chi connectivity index (χ2n) is 8.37. The van der Waals surface area contributed by atoms with Gasteiger partial charge in [0.15, 0.2) is 21.4 Å². The molecule has 0 aliphatic rings. The van der Waals surface area contributed by atoms with Crippen LogP contribution < -0.4 is 4.74 Å². The van der Waals surface area contributed by atoms with E-state index in [1.165, 1.54) is 24.5 Å². The number of aromatic nitrogens is 2. The Balaban J connectivity index is 1.62. The van der Waals surface area contributed by atoms with Gasteiger partial charge < -0.3 is 4.74 Å². The summed E-state index contributed by atoms with van der Waals surface area (Å²) in [5.74, 6) is 0.994. The molecule has 0 radical (unpaired) electrons. The van der Waals surface area contributed by atoms with Crippen LogP contribution in [0.3, 0.4) is 0 Å². The van der Waals surface area contributed by atoms with E-state index in [4.69, 9.17) is 16.3 Å². The van der Waals surface area contributed by atoms with E-state index < -0.39 is 9.84 Å². The average Bonchev–Trinajstić information content (AvgIpc) is 3.53. The summed E-state index contributed by atoms with van der Waals surface area (Å²) in [6.45, 7) is 1.46. The second kappa shape index (κ2) is 9.97. The Hall–Kier alpha value is -3.72. The number of benzene rings is 3. The minimum atomic E-state index is -3.34. The van der Waals surface area contributed by atoms with Crippen LogP contribution >= 0.6 is 22.9 Å². The van der Waals surface area contributed by atoms with Gasteiger partial charge in [0.1, 0.15) is 17.1 Å². The molecule has 0 N–H and O–H groups in total. The van der Waals surface area contributed by atoms with Crippen molar-refractivity contribution in [2.75, 3.05) is 6.26 Å². The fourth-order valence-electron chi connectivity index (χ4n) is 3.78. The lowest BCUT2D eigenvalue weighted by Crippen LogP contribution is -2.03. The summed E-state index contributed by atoms with van der Waals surface area (Å²) in [5.41, 5.74) is 2.34. The minimum absolute atomic E-state index is 0.176. The highest BCUT2D eigenvalue weighted by Gasteiger charge is 2.20. The number of rotatable bonds is 7. The zero-order valence-corrected chi connectivity index (χ0v) is 22.3. The van der Waals surface area contributed by atoms with Gasteiger partial charge in [0.2, 0.25) is 0 Å². The van der Waals surface area contributed by atoms with Crippen LogP contribution in [0.15, 0.2) is 95.9 Å². The highest BCUT2D eigenvalue weighted by atomic mass is 35.5. The molecule has 9 heteroatoms. The van der Waals surface area contributed by atoms with Crippen LogP contribution in [0.1, 0.15) is 17.4 Å². The lowest BCUT2D eigenvalue weighted by atomic mass is 10.2. The van der Waals surface area contributed by atoms with Crippen LogP contribution in [0.25, 0.3) is 26.7 Å². The standard InChI is InChI=1S/C28H21ClN2O4S2/c1-18(32)23-17-25(28-14-13-27(36-28)19-7-6-10-22(15-19)37(2,33)34)31(30-23)24-16-20(29)11-12-26(24)35-21-8-4-3-5-9-21/h3-17H,1-2H3. The molecule has 2 heterocycles. The largest absolute Gasteiger partial charge is 0.455 e. The molecular weight excluding hydrogens is 528 g/mol. The summed E-state index contributed by atoms with van der Waals surface area (Å²) >= 11 is 7.83. The predicted molar refractivity (Wildman–Crippen MR) is 147 cm³/mol. The first-order chi connectivity index (χ1) is 17.7. The SMILES string of the molecule is CC(=O)c1cc(-c2ccc(-c3cccc(S(C)(=O)=O)c3)s2)n(-c2cc(Cl)ccc2Oc2ccccc2)n1. The van der Waals surface area contributed by atoms with Gasteiger partial charge in [-0.25, -0.2) is 13.1 Å². The summed E-state index contributed by atoms with van der Waals surface area (Å²) in [7, 11) is -3.34. The fraction of sp³-hybridized carbons (Fsp3) is 0.0714. The number of halogens is 1. The molecule has 2 aromatic heterocycles. The molecular formula is C28H21ClN2O4S2. The number of carbonyl (C=O) groups is 1. The van der Waals surface area contributed by atoms with Crippen LogP contribution in [0.4, 0.5) is 0 Å². The van der Waals surface area contributed by atoms with Crippen molar-refractivity contribution in [3.8, 4) is 38.2 Å². The molecule has 3 aromatic carbocycles. The topological polar surface area (TPSA) is 78.3 Å². The van der Waals surface area contributed by atoms with E-state index in [9.17, 15) is 13.2 Å². The molecule has 0 spiro atoms. The monoisotopic (exact) mass is 548 g/mol. The van der Waals surface area contributed by atoms with E-state index in [1.807, 2.05) is 48.5 Å². The molecule has 0 amide bonds. The zero-order valence-electron chi connectivity index (χ0n) is 19.9. The lowest BCUT2D eigenvalue weighted by molar-refractivity contribution is 0.101. The van der Waals surface area contributed by atoms with Crippen LogP contribution in [0.5, 0.6) is 11.5 Å². The first-order valence-electron chi connectivity index (χ1n) is 11.2. The van der Waals surface area contributed by atoms with Gasteiger partial charge in [-0.2, -0.15) is 5.10 Å². The van der Waals surface area contributed by atoms with E-state index in [1.54, 1.807) is 47.1 Å². The normalized spacial score (nSPS) is 11.4. The van der Waals surface area contributed by atoms with E-state index in [0.717, 1.165) is 15.3 Å². The molecule has 0 aliphatic carbocycles. The van der Waals surface area contributed by atoms with E-state index >= 15 is 0 Å². The maximum Gasteiger partial charge on any atom is 0.180 e. The van der Waals surface area contributed by atoms with E-state index in [0.29, 0.717) is 33.6 Å². The highest BCUT2D eigenvalue weighted by Crippen LogP contribution is 2.39. The number of hydrogen-bond donors (Lipinski definition) is 0. The summed E-state index contributed by atoms with van der Waals surface area (Å²) < 4.78 is 31.9. The van der Waals surface area contributed by atoms with Crippen LogP contribution in [0, 0.1) is 0 Å². The minimum Gasteiger partial charge on any atom is -0.455 e. The Morgan fingerprint density at radius 1 is 0.919 bits per heavy atom.